The molecular formula is C27H22N6OS. The number of fused-ring (bicyclic) bond motifs is 2. The first kappa shape index (κ1) is 21.4. The fraction of sp³-hybridized carbons (Fsp3) is 0.111. The van der Waals surface area contributed by atoms with Gasteiger partial charge in [0.25, 0.3) is 0 Å². The molecule has 2 aliphatic rings. The maximum Gasteiger partial charge on any atom is 0.223 e. The van der Waals surface area contributed by atoms with Crippen LogP contribution in [0.4, 0.5) is 5.95 Å². The summed E-state index contributed by atoms with van der Waals surface area (Å²) in [4.78, 5) is 21.5. The zero-order chi connectivity index (χ0) is 23.6. The van der Waals surface area contributed by atoms with E-state index in [1.165, 1.54) is 17.3 Å². The van der Waals surface area contributed by atoms with Gasteiger partial charge in [-0.2, -0.15) is 0 Å². The van der Waals surface area contributed by atoms with Crippen molar-refractivity contribution < 1.29 is 4.74 Å². The van der Waals surface area contributed by atoms with Gasteiger partial charge in [0.15, 0.2) is 5.16 Å². The minimum Gasteiger partial charge on any atom is -0.465 e. The second-order valence-electron chi connectivity index (χ2n) is 8.06. The van der Waals surface area contributed by atoms with Crippen LogP contribution < -0.4 is 10.1 Å². The van der Waals surface area contributed by atoms with E-state index in [1.807, 2.05) is 54.8 Å². The summed E-state index contributed by atoms with van der Waals surface area (Å²) in [5.41, 5.74) is 6.81. The highest BCUT2D eigenvalue weighted by Crippen LogP contribution is 2.35. The van der Waals surface area contributed by atoms with Gasteiger partial charge < -0.3 is 15.0 Å². The van der Waals surface area contributed by atoms with Gasteiger partial charge in [-0.15, -0.1) is 0 Å². The Bertz CT molecular complexity index is 1500. The number of thioether (sulfide) groups is 1. The fourth-order valence-electron chi connectivity index (χ4n) is 4.24. The van der Waals surface area contributed by atoms with Gasteiger partial charge in [-0.25, -0.2) is 19.9 Å². The van der Waals surface area contributed by atoms with Crippen LogP contribution in [0, 0.1) is 0 Å². The molecule has 1 aromatic carbocycles. The van der Waals surface area contributed by atoms with E-state index in [2.05, 4.69) is 54.5 Å². The van der Waals surface area contributed by atoms with Crippen molar-refractivity contribution in [3.05, 3.63) is 102 Å². The minimum atomic E-state index is -0.272. The Labute approximate surface area is 206 Å². The Morgan fingerprint density at radius 2 is 2.00 bits per heavy atom. The lowest BCUT2D eigenvalue weighted by atomic mass is 9.88. The number of ether oxygens (including phenoxy) is 1. The van der Waals surface area contributed by atoms with Gasteiger partial charge in [0.05, 0.1) is 22.3 Å². The van der Waals surface area contributed by atoms with Crippen LogP contribution in [0.25, 0.3) is 22.3 Å². The largest absolute Gasteiger partial charge is 0.465 e. The monoisotopic (exact) mass is 478 g/mol. The highest BCUT2D eigenvalue weighted by molar-refractivity contribution is 7.98. The molecule has 0 radical (unpaired) electrons. The van der Waals surface area contributed by atoms with Crippen molar-refractivity contribution in [3.63, 3.8) is 0 Å². The minimum absolute atomic E-state index is 0.272. The highest BCUT2D eigenvalue weighted by Gasteiger charge is 2.26. The van der Waals surface area contributed by atoms with E-state index in [9.17, 15) is 0 Å². The lowest BCUT2D eigenvalue weighted by Crippen LogP contribution is -2.24. The molecule has 0 amide bonds. The maximum absolute atomic E-state index is 6.48. The maximum atomic E-state index is 6.48. The van der Waals surface area contributed by atoms with Crippen LogP contribution in [0.15, 0.2) is 107 Å². The van der Waals surface area contributed by atoms with E-state index >= 15 is 0 Å². The molecule has 3 aromatic heterocycles. The molecule has 0 spiro atoms. The molecule has 6 rings (SSSR count). The Hall–Kier alpha value is -4.17. The van der Waals surface area contributed by atoms with Gasteiger partial charge in [0.2, 0.25) is 11.8 Å². The average molecular weight is 479 g/mol. The Morgan fingerprint density at radius 1 is 1.06 bits per heavy atom. The molecule has 172 valence electrons. The highest BCUT2D eigenvalue weighted by atomic mass is 32.2. The number of hydrogen-bond acceptors (Lipinski definition) is 7. The van der Waals surface area contributed by atoms with Crippen molar-refractivity contribution in [2.75, 3.05) is 11.6 Å². The molecule has 0 bridgehead atoms. The molecule has 35 heavy (non-hydrogen) atoms. The van der Waals surface area contributed by atoms with Gasteiger partial charge in [-0.1, -0.05) is 42.1 Å². The van der Waals surface area contributed by atoms with Crippen LogP contribution in [0.2, 0.25) is 0 Å². The Kier molecular flexibility index (Phi) is 5.64. The van der Waals surface area contributed by atoms with E-state index in [4.69, 9.17) is 4.74 Å². The number of imidazole rings is 1. The van der Waals surface area contributed by atoms with Crippen molar-refractivity contribution in [2.45, 2.75) is 17.7 Å². The third-order valence-corrected chi connectivity index (χ3v) is 6.46. The SMILES string of the molecule is CSc1nccc(-c2cccnc2OC2C=CC(Nc3nc4ccccc4[nH]3)=C3CC=CC=C32)n1. The smallest absolute Gasteiger partial charge is 0.223 e. The first-order chi connectivity index (χ1) is 17.3. The van der Waals surface area contributed by atoms with E-state index in [0.29, 0.717) is 17.0 Å². The van der Waals surface area contributed by atoms with Crippen molar-refractivity contribution in [1.29, 1.82) is 0 Å². The standard InChI is InChI=1S/C27H22N6OS/c1-35-27-29-16-14-21(33-27)19-9-6-15-28-25(19)34-24-13-12-20(17-7-2-3-8-18(17)24)30-26-31-22-10-4-5-11-23(22)32-26/h2-6,8-16,24H,7H2,1H3,(H2,30,31,32). The van der Waals surface area contributed by atoms with Gasteiger partial charge in [-0.3, -0.25) is 0 Å². The number of pyridine rings is 1. The van der Waals surface area contributed by atoms with E-state index in [0.717, 1.165) is 40.0 Å². The predicted molar refractivity (Wildman–Crippen MR) is 139 cm³/mol. The third kappa shape index (κ3) is 4.24. The zero-order valence-corrected chi connectivity index (χ0v) is 19.8. The van der Waals surface area contributed by atoms with Crippen LogP contribution in [-0.4, -0.2) is 37.3 Å². The molecule has 0 aliphatic heterocycles. The van der Waals surface area contributed by atoms with Gasteiger partial charge in [0.1, 0.15) is 6.10 Å². The van der Waals surface area contributed by atoms with Crippen LogP contribution in [-0.2, 0) is 0 Å². The number of allylic oxidation sites excluding steroid dienone is 4. The molecule has 1 atom stereocenters. The number of aromatic nitrogens is 5. The number of rotatable bonds is 6. The topological polar surface area (TPSA) is 88.6 Å². The van der Waals surface area contributed by atoms with Gasteiger partial charge in [0, 0.05) is 23.7 Å². The lowest BCUT2D eigenvalue weighted by molar-refractivity contribution is 0.274. The average Bonchev–Trinajstić information content (AvgIpc) is 3.33. The summed E-state index contributed by atoms with van der Waals surface area (Å²) in [5.74, 6) is 1.25. The Balaban J connectivity index is 1.30. The van der Waals surface area contributed by atoms with Crippen molar-refractivity contribution in [3.8, 4) is 17.1 Å². The van der Waals surface area contributed by atoms with E-state index in [1.54, 1.807) is 12.4 Å². The van der Waals surface area contributed by atoms with Gasteiger partial charge >= 0.3 is 0 Å². The van der Waals surface area contributed by atoms with Crippen LogP contribution in [0.5, 0.6) is 5.88 Å². The summed E-state index contributed by atoms with van der Waals surface area (Å²) >= 11 is 1.50. The molecular weight excluding hydrogens is 456 g/mol. The predicted octanol–water partition coefficient (Wildman–Crippen LogP) is 5.71. The van der Waals surface area contributed by atoms with Crippen molar-refractivity contribution in [2.24, 2.45) is 0 Å². The number of aromatic amines is 1. The van der Waals surface area contributed by atoms with Crippen LogP contribution in [0.1, 0.15) is 6.42 Å². The number of nitrogens with zero attached hydrogens (tertiary/aromatic N) is 4. The summed E-state index contributed by atoms with van der Waals surface area (Å²) in [6, 6.07) is 13.7. The Morgan fingerprint density at radius 3 is 2.91 bits per heavy atom. The molecule has 2 N–H and O–H groups in total. The first-order valence-corrected chi connectivity index (χ1v) is 12.5. The molecule has 2 aliphatic carbocycles. The summed E-state index contributed by atoms with van der Waals surface area (Å²) in [5, 5.41) is 4.17. The molecule has 0 fully saturated rings. The zero-order valence-electron chi connectivity index (χ0n) is 19.0. The molecule has 8 heteroatoms. The van der Waals surface area contributed by atoms with Crippen LogP contribution >= 0.6 is 11.8 Å². The van der Waals surface area contributed by atoms with E-state index in [-0.39, 0.29) is 6.10 Å². The first-order valence-electron chi connectivity index (χ1n) is 11.3. The third-order valence-electron chi connectivity index (χ3n) is 5.90. The quantitative estimate of drug-likeness (QED) is 0.271. The number of nitrogens with one attached hydrogen (secondary N) is 2. The number of benzene rings is 1. The molecule has 1 unspecified atom stereocenters. The molecule has 0 saturated carbocycles. The number of hydrogen-bond donors (Lipinski definition) is 2. The van der Waals surface area contributed by atoms with Crippen molar-refractivity contribution in [1.82, 2.24) is 24.9 Å². The normalized spacial score (nSPS) is 16.8. The summed E-state index contributed by atoms with van der Waals surface area (Å²) in [6.07, 6.45) is 16.4. The fourth-order valence-corrected chi connectivity index (χ4v) is 4.60. The second kappa shape index (κ2) is 9.23. The van der Waals surface area contributed by atoms with E-state index < -0.39 is 0 Å². The number of para-hydroxylation sites is 2. The summed E-state index contributed by atoms with van der Waals surface area (Å²) in [7, 11) is 0. The van der Waals surface area contributed by atoms with Gasteiger partial charge in [-0.05, 0) is 60.7 Å². The number of H-pyrrole nitrogens is 1. The molecule has 3 heterocycles. The second-order valence-corrected chi connectivity index (χ2v) is 8.83. The molecule has 7 nitrogen and oxygen atoms in total. The summed E-state index contributed by atoms with van der Waals surface area (Å²) in [6.45, 7) is 0. The lowest BCUT2D eigenvalue weighted by Gasteiger charge is -2.28. The molecule has 0 saturated heterocycles. The number of anilines is 1. The molecule has 4 aromatic rings. The van der Waals surface area contributed by atoms with Crippen LogP contribution in [0.3, 0.4) is 0 Å². The summed E-state index contributed by atoms with van der Waals surface area (Å²) < 4.78 is 6.48. The van der Waals surface area contributed by atoms with Crippen molar-refractivity contribution >= 4 is 28.7 Å².